The van der Waals surface area contributed by atoms with Crippen molar-refractivity contribution in [2.75, 3.05) is 5.01 Å². The second-order valence-corrected chi connectivity index (χ2v) is 2.49. The highest BCUT2D eigenvalue weighted by molar-refractivity contribution is 5.84. The molecule has 0 unspecified atom stereocenters. The van der Waals surface area contributed by atoms with E-state index in [0.29, 0.717) is 11.4 Å². The molecule has 5 heteroatoms. The van der Waals surface area contributed by atoms with Crippen LogP contribution in [0.25, 0.3) is 0 Å². The molecule has 1 aromatic heterocycles. The SMILES string of the molecule is CCc1cccnc1N(N)C(=O)O. The molecule has 0 bridgehead atoms. The van der Waals surface area contributed by atoms with Crippen LogP contribution in [-0.2, 0) is 6.42 Å². The van der Waals surface area contributed by atoms with E-state index in [-0.39, 0.29) is 5.82 Å². The van der Waals surface area contributed by atoms with Gasteiger partial charge < -0.3 is 5.11 Å². The minimum atomic E-state index is -1.21. The molecule has 0 radical (unpaired) electrons. The molecule has 0 spiro atoms. The molecular weight excluding hydrogens is 170 g/mol. The lowest BCUT2D eigenvalue weighted by molar-refractivity contribution is 0.201. The number of pyridine rings is 1. The first-order valence-corrected chi connectivity index (χ1v) is 3.88. The van der Waals surface area contributed by atoms with Crippen LogP contribution >= 0.6 is 0 Å². The van der Waals surface area contributed by atoms with Crippen LogP contribution in [0.1, 0.15) is 12.5 Å². The summed E-state index contributed by atoms with van der Waals surface area (Å²) in [5.74, 6) is 5.57. The van der Waals surface area contributed by atoms with E-state index in [1.165, 1.54) is 6.20 Å². The van der Waals surface area contributed by atoms with Crippen molar-refractivity contribution in [2.24, 2.45) is 5.84 Å². The summed E-state index contributed by atoms with van der Waals surface area (Å²) in [6.07, 6.45) is 0.995. The summed E-state index contributed by atoms with van der Waals surface area (Å²) >= 11 is 0. The van der Waals surface area contributed by atoms with E-state index < -0.39 is 6.09 Å². The van der Waals surface area contributed by atoms with E-state index in [2.05, 4.69) is 4.98 Å². The highest BCUT2D eigenvalue weighted by Crippen LogP contribution is 2.14. The summed E-state index contributed by atoms with van der Waals surface area (Å²) in [7, 11) is 0. The highest BCUT2D eigenvalue weighted by Gasteiger charge is 2.13. The second kappa shape index (κ2) is 3.86. The Bertz CT molecular complexity index is 314. The summed E-state index contributed by atoms with van der Waals surface area (Å²) < 4.78 is 0. The van der Waals surface area contributed by atoms with Crippen molar-refractivity contribution >= 4 is 11.9 Å². The van der Waals surface area contributed by atoms with Gasteiger partial charge in [0.2, 0.25) is 0 Å². The standard InChI is InChI=1S/C8H11N3O2/c1-2-6-4-3-5-10-7(6)11(9)8(12)13/h3-5H,2,9H2,1H3,(H,12,13). The van der Waals surface area contributed by atoms with E-state index in [1.54, 1.807) is 12.1 Å². The monoisotopic (exact) mass is 181 g/mol. The third-order valence-corrected chi connectivity index (χ3v) is 1.68. The van der Waals surface area contributed by atoms with Gasteiger partial charge in [-0.3, -0.25) is 0 Å². The minimum absolute atomic E-state index is 0.289. The topological polar surface area (TPSA) is 79.5 Å². The maximum Gasteiger partial charge on any atom is 0.427 e. The van der Waals surface area contributed by atoms with E-state index in [1.807, 2.05) is 6.92 Å². The van der Waals surface area contributed by atoms with E-state index in [4.69, 9.17) is 10.9 Å². The maximum atomic E-state index is 10.5. The van der Waals surface area contributed by atoms with Crippen molar-refractivity contribution in [3.05, 3.63) is 23.9 Å². The third-order valence-electron chi connectivity index (χ3n) is 1.68. The molecule has 0 saturated heterocycles. The molecule has 0 fully saturated rings. The molecule has 5 nitrogen and oxygen atoms in total. The van der Waals surface area contributed by atoms with E-state index in [9.17, 15) is 4.79 Å². The van der Waals surface area contributed by atoms with Crippen molar-refractivity contribution in [3.8, 4) is 0 Å². The van der Waals surface area contributed by atoms with Crippen LogP contribution in [0.5, 0.6) is 0 Å². The lowest BCUT2D eigenvalue weighted by atomic mass is 10.2. The second-order valence-electron chi connectivity index (χ2n) is 2.49. The number of aromatic nitrogens is 1. The van der Waals surface area contributed by atoms with E-state index in [0.717, 1.165) is 5.56 Å². The van der Waals surface area contributed by atoms with Gasteiger partial charge in [-0.25, -0.2) is 15.6 Å². The summed E-state index contributed by atoms with van der Waals surface area (Å²) in [5.41, 5.74) is 0.812. The fourth-order valence-electron chi connectivity index (χ4n) is 1.01. The summed E-state index contributed by atoms with van der Waals surface area (Å²) in [6, 6.07) is 3.54. The number of nitrogens with two attached hydrogens (primary N) is 1. The predicted octanol–water partition coefficient (Wildman–Crippen LogP) is 1.00. The first-order valence-electron chi connectivity index (χ1n) is 3.88. The normalized spacial score (nSPS) is 9.69. The lowest BCUT2D eigenvalue weighted by Crippen LogP contribution is -2.37. The molecule has 70 valence electrons. The largest absolute Gasteiger partial charge is 0.464 e. The van der Waals surface area contributed by atoms with Crippen molar-refractivity contribution < 1.29 is 9.90 Å². The van der Waals surface area contributed by atoms with Gasteiger partial charge >= 0.3 is 6.09 Å². The van der Waals surface area contributed by atoms with Gasteiger partial charge in [0.25, 0.3) is 0 Å². The molecule has 1 rings (SSSR count). The number of hydrogen-bond acceptors (Lipinski definition) is 3. The number of nitrogens with zero attached hydrogens (tertiary/aromatic N) is 2. The van der Waals surface area contributed by atoms with Crippen LogP contribution in [0.15, 0.2) is 18.3 Å². The molecule has 0 aromatic carbocycles. The molecule has 0 atom stereocenters. The Kier molecular flexibility index (Phi) is 2.81. The quantitative estimate of drug-likeness (QED) is 0.405. The number of aryl methyl sites for hydroxylation is 1. The molecule has 0 aliphatic rings. The van der Waals surface area contributed by atoms with Gasteiger partial charge in [0, 0.05) is 6.20 Å². The number of carboxylic acid groups (broad SMARTS) is 1. The average Bonchev–Trinajstić information content (AvgIpc) is 2.16. The minimum Gasteiger partial charge on any atom is -0.464 e. The van der Waals surface area contributed by atoms with Crippen molar-refractivity contribution in [2.45, 2.75) is 13.3 Å². The van der Waals surface area contributed by atoms with Crippen LogP contribution in [0.2, 0.25) is 0 Å². The Labute approximate surface area is 75.8 Å². The lowest BCUT2D eigenvalue weighted by Gasteiger charge is -2.13. The zero-order valence-electron chi connectivity index (χ0n) is 7.27. The van der Waals surface area contributed by atoms with Gasteiger partial charge in [-0.2, -0.15) is 5.01 Å². The Morgan fingerprint density at radius 3 is 3.00 bits per heavy atom. The maximum absolute atomic E-state index is 10.5. The Hall–Kier alpha value is -1.62. The van der Waals surface area contributed by atoms with Crippen molar-refractivity contribution in [3.63, 3.8) is 0 Å². The Balaban J connectivity index is 3.05. The average molecular weight is 181 g/mol. The molecule has 0 saturated carbocycles. The number of rotatable bonds is 2. The zero-order valence-corrected chi connectivity index (χ0v) is 7.27. The van der Waals surface area contributed by atoms with Gasteiger partial charge in [-0.15, -0.1) is 0 Å². The molecule has 0 aliphatic carbocycles. The van der Waals surface area contributed by atoms with Gasteiger partial charge in [-0.05, 0) is 18.1 Å². The first-order chi connectivity index (χ1) is 6.16. The van der Waals surface area contributed by atoms with Crippen LogP contribution in [0, 0.1) is 0 Å². The Morgan fingerprint density at radius 1 is 1.77 bits per heavy atom. The molecular formula is C8H11N3O2. The summed E-state index contributed by atoms with van der Waals surface area (Å²) in [4.78, 5) is 14.4. The first kappa shape index (κ1) is 9.47. The summed E-state index contributed by atoms with van der Waals surface area (Å²) in [6.45, 7) is 1.91. The van der Waals surface area contributed by atoms with Crippen LogP contribution in [-0.4, -0.2) is 16.2 Å². The van der Waals surface area contributed by atoms with Crippen LogP contribution in [0.4, 0.5) is 10.6 Å². The van der Waals surface area contributed by atoms with E-state index >= 15 is 0 Å². The smallest absolute Gasteiger partial charge is 0.427 e. The highest BCUT2D eigenvalue weighted by atomic mass is 16.4. The molecule has 1 heterocycles. The number of carbonyl (C=O) groups is 1. The van der Waals surface area contributed by atoms with Gasteiger partial charge in [0.05, 0.1) is 0 Å². The fourth-order valence-corrected chi connectivity index (χ4v) is 1.01. The van der Waals surface area contributed by atoms with Gasteiger partial charge in [0.15, 0.2) is 5.82 Å². The number of hydrogen-bond donors (Lipinski definition) is 2. The number of anilines is 1. The molecule has 0 aliphatic heterocycles. The van der Waals surface area contributed by atoms with Gasteiger partial charge in [-0.1, -0.05) is 13.0 Å². The number of hydrazine groups is 1. The molecule has 13 heavy (non-hydrogen) atoms. The number of amides is 1. The fraction of sp³-hybridized carbons (Fsp3) is 0.250. The zero-order chi connectivity index (χ0) is 9.84. The van der Waals surface area contributed by atoms with Crippen LogP contribution in [0.3, 0.4) is 0 Å². The molecule has 1 aromatic rings. The van der Waals surface area contributed by atoms with Crippen molar-refractivity contribution in [1.29, 1.82) is 0 Å². The predicted molar refractivity (Wildman–Crippen MR) is 48.3 cm³/mol. The summed E-state index contributed by atoms with van der Waals surface area (Å²) in [5, 5.41) is 9.24. The third kappa shape index (κ3) is 1.94. The van der Waals surface area contributed by atoms with Gasteiger partial charge in [0.1, 0.15) is 0 Å². The molecule has 3 N–H and O–H groups in total. The van der Waals surface area contributed by atoms with Crippen molar-refractivity contribution in [1.82, 2.24) is 4.98 Å². The Morgan fingerprint density at radius 2 is 2.46 bits per heavy atom. The molecule has 1 amide bonds. The van der Waals surface area contributed by atoms with Crippen LogP contribution < -0.4 is 10.9 Å².